The molecule has 3 rings (SSSR count). The molecule has 0 amide bonds. The molecule has 1 aliphatic rings. The van der Waals surface area contributed by atoms with Crippen LogP contribution in [-0.2, 0) is 33.2 Å². The van der Waals surface area contributed by atoms with E-state index in [0.29, 0.717) is 22.0 Å². The van der Waals surface area contributed by atoms with Gasteiger partial charge in [-0.25, -0.2) is 0 Å². The van der Waals surface area contributed by atoms with Crippen LogP contribution in [0.1, 0.15) is 142 Å². The lowest BCUT2D eigenvalue weighted by Crippen LogP contribution is -2.25. The minimum Gasteiger partial charge on any atom is -0.507 e. The summed E-state index contributed by atoms with van der Waals surface area (Å²) < 4.78 is 0. The molecule has 0 aliphatic heterocycles. The number of phenols is 2. The summed E-state index contributed by atoms with van der Waals surface area (Å²) >= 11 is 4.04. The van der Waals surface area contributed by atoms with Gasteiger partial charge in [-0.1, -0.05) is 120 Å². The molecule has 4 heteroatoms. The lowest BCUT2D eigenvalue weighted by atomic mass is 9.79. The van der Waals surface area contributed by atoms with Gasteiger partial charge in [0.15, 0.2) is 0 Å². The Balaban J connectivity index is 1.84. The molecule has 0 saturated heterocycles. The number of hydrogen-bond donors (Lipinski definition) is 2. The van der Waals surface area contributed by atoms with E-state index in [4.69, 9.17) is 0 Å². The van der Waals surface area contributed by atoms with Crippen molar-refractivity contribution < 1.29 is 10.2 Å². The minimum atomic E-state index is -0.108. The molecule has 0 bridgehead atoms. The smallest absolute Gasteiger partial charge is 0.123 e. The first-order valence-corrected chi connectivity index (χ1v) is 17.3. The summed E-state index contributed by atoms with van der Waals surface area (Å²) in [5.74, 6) is 2.62. The fourth-order valence-electron chi connectivity index (χ4n) is 5.46. The quantitative estimate of drug-likeness (QED) is 0.354. The third-order valence-electron chi connectivity index (χ3n) is 8.27. The monoisotopic (exact) mass is 584 g/mol. The number of benzene rings is 2. The largest absolute Gasteiger partial charge is 0.507 e. The van der Waals surface area contributed by atoms with Gasteiger partial charge >= 0.3 is 0 Å². The SMILES string of the molecule is CC(C)(C)c1cc(CS[C@H]2CCCC[C@@H]2SCc2cc(C(C)(C)C)cc(C(C)(C)C)c2O)c(O)c(C(C)(C)C)c1. The Labute approximate surface area is 254 Å². The topological polar surface area (TPSA) is 40.5 Å². The second-order valence-electron chi connectivity index (χ2n) is 16.0. The van der Waals surface area contributed by atoms with Gasteiger partial charge in [-0.05, 0) is 56.8 Å². The highest BCUT2D eigenvalue weighted by Crippen LogP contribution is 2.44. The first kappa shape index (κ1) is 33.2. The summed E-state index contributed by atoms with van der Waals surface area (Å²) in [6, 6.07) is 8.92. The standard InChI is InChI=1S/C36H56O2S2/c1-33(2,3)25-17-23(31(37)27(19-25)35(7,8)9)21-39-29-15-13-14-16-30(29)40-22-24-18-26(34(4,5)6)20-28(32(24)38)36(10,11)12/h17-20,29-30,37-38H,13-16,21-22H2,1-12H3/t29-,30-/m0/s1. The van der Waals surface area contributed by atoms with E-state index in [-0.39, 0.29) is 21.7 Å². The molecule has 2 aromatic rings. The molecule has 40 heavy (non-hydrogen) atoms. The van der Waals surface area contributed by atoms with Crippen molar-refractivity contribution in [3.8, 4) is 11.5 Å². The molecular formula is C36H56O2S2. The Hall–Kier alpha value is -1.26. The number of rotatable bonds is 6. The Morgan fingerprint density at radius 3 is 1.15 bits per heavy atom. The maximum Gasteiger partial charge on any atom is 0.123 e. The van der Waals surface area contributed by atoms with Crippen molar-refractivity contribution >= 4 is 23.5 Å². The van der Waals surface area contributed by atoms with Gasteiger partial charge in [-0.3, -0.25) is 0 Å². The third kappa shape index (κ3) is 8.18. The van der Waals surface area contributed by atoms with Gasteiger partial charge in [-0.15, -0.1) is 0 Å². The van der Waals surface area contributed by atoms with Crippen LogP contribution in [0, 0.1) is 0 Å². The van der Waals surface area contributed by atoms with Crippen LogP contribution >= 0.6 is 23.5 Å². The average Bonchev–Trinajstić information content (AvgIpc) is 2.80. The first-order chi connectivity index (χ1) is 18.2. The van der Waals surface area contributed by atoms with E-state index < -0.39 is 0 Å². The van der Waals surface area contributed by atoms with Crippen LogP contribution in [0.15, 0.2) is 24.3 Å². The van der Waals surface area contributed by atoms with E-state index in [9.17, 15) is 10.2 Å². The minimum absolute atomic E-state index is 0.0336. The third-order valence-corrected chi connectivity index (χ3v) is 11.4. The predicted molar refractivity (Wildman–Crippen MR) is 180 cm³/mol. The maximum atomic E-state index is 11.3. The van der Waals surface area contributed by atoms with Gasteiger partial charge in [0.05, 0.1) is 0 Å². The zero-order valence-corrected chi connectivity index (χ0v) is 29.1. The Bertz CT molecular complexity index is 1080. The average molecular weight is 585 g/mol. The molecule has 1 aliphatic carbocycles. The van der Waals surface area contributed by atoms with Gasteiger partial charge in [0.1, 0.15) is 11.5 Å². The van der Waals surface area contributed by atoms with E-state index >= 15 is 0 Å². The van der Waals surface area contributed by atoms with Crippen molar-refractivity contribution in [2.75, 3.05) is 0 Å². The van der Waals surface area contributed by atoms with Crippen molar-refractivity contribution in [3.63, 3.8) is 0 Å². The molecule has 0 radical (unpaired) electrons. The van der Waals surface area contributed by atoms with Crippen LogP contribution in [0.4, 0.5) is 0 Å². The summed E-state index contributed by atoms with van der Waals surface area (Å²) in [5.41, 5.74) is 6.69. The van der Waals surface area contributed by atoms with Gasteiger partial charge in [0, 0.05) is 33.1 Å². The molecule has 0 spiro atoms. The summed E-state index contributed by atoms with van der Waals surface area (Å²) in [5, 5.41) is 23.8. The van der Waals surface area contributed by atoms with E-state index in [1.807, 2.05) is 23.5 Å². The highest BCUT2D eigenvalue weighted by molar-refractivity contribution is 8.03. The first-order valence-electron chi connectivity index (χ1n) is 15.2. The number of hydrogen-bond acceptors (Lipinski definition) is 4. The van der Waals surface area contributed by atoms with Crippen molar-refractivity contribution in [3.05, 3.63) is 57.6 Å². The number of phenolic OH excluding ortho intramolecular Hbond substituents is 2. The molecule has 0 heterocycles. The van der Waals surface area contributed by atoms with E-state index in [1.54, 1.807) is 0 Å². The van der Waals surface area contributed by atoms with E-state index in [1.165, 1.54) is 36.8 Å². The zero-order valence-electron chi connectivity index (χ0n) is 27.4. The number of thioether (sulfide) groups is 2. The summed E-state index contributed by atoms with van der Waals surface area (Å²) in [6.07, 6.45) is 4.98. The van der Waals surface area contributed by atoms with Gasteiger partial charge in [0.2, 0.25) is 0 Å². The van der Waals surface area contributed by atoms with Crippen LogP contribution in [0.5, 0.6) is 11.5 Å². The summed E-state index contributed by atoms with van der Waals surface area (Å²) in [7, 11) is 0. The molecule has 0 aromatic heterocycles. The molecule has 2 nitrogen and oxygen atoms in total. The van der Waals surface area contributed by atoms with Gasteiger partial charge in [-0.2, -0.15) is 23.5 Å². The predicted octanol–water partition coefficient (Wildman–Crippen LogP) is 10.8. The fraction of sp³-hybridized carbons (Fsp3) is 0.667. The Morgan fingerprint density at radius 1 is 0.550 bits per heavy atom. The van der Waals surface area contributed by atoms with Crippen LogP contribution in [0.3, 0.4) is 0 Å². The molecule has 1 saturated carbocycles. The van der Waals surface area contributed by atoms with Crippen molar-refractivity contribution in [1.29, 1.82) is 0 Å². The lowest BCUT2D eigenvalue weighted by Gasteiger charge is -2.32. The fourth-order valence-corrected chi connectivity index (χ4v) is 8.52. The molecule has 1 fully saturated rings. The molecule has 2 atom stereocenters. The maximum absolute atomic E-state index is 11.3. The highest BCUT2D eigenvalue weighted by Gasteiger charge is 2.30. The molecule has 0 unspecified atom stereocenters. The molecular weight excluding hydrogens is 529 g/mol. The number of aromatic hydroxyl groups is 2. The van der Waals surface area contributed by atoms with Crippen LogP contribution in [-0.4, -0.2) is 20.7 Å². The second-order valence-corrected chi connectivity index (χ2v) is 18.5. The van der Waals surface area contributed by atoms with Crippen LogP contribution < -0.4 is 0 Å². The van der Waals surface area contributed by atoms with Crippen molar-refractivity contribution in [2.24, 2.45) is 0 Å². The Kier molecular flexibility index (Phi) is 10.1. The van der Waals surface area contributed by atoms with Crippen molar-refractivity contribution in [1.82, 2.24) is 0 Å². The summed E-state index contributed by atoms with van der Waals surface area (Å²) in [6.45, 7) is 26.7. The van der Waals surface area contributed by atoms with E-state index in [2.05, 4.69) is 107 Å². The van der Waals surface area contributed by atoms with Gasteiger partial charge < -0.3 is 10.2 Å². The molecule has 224 valence electrons. The van der Waals surface area contributed by atoms with Crippen LogP contribution in [0.2, 0.25) is 0 Å². The van der Waals surface area contributed by atoms with Gasteiger partial charge in [0.25, 0.3) is 0 Å². The normalized spacial score (nSPS) is 19.2. The summed E-state index contributed by atoms with van der Waals surface area (Å²) in [4.78, 5) is 0. The van der Waals surface area contributed by atoms with Crippen molar-refractivity contribution in [2.45, 2.75) is 152 Å². The second kappa shape index (κ2) is 12.2. The molecule has 2 aromatic carbocycles. The molecule has 2 N–H and O–H groups in total. The highest BCUT2D eigenvalue weighted by atomic mass is 32.2. The van der Waals surface area contributed by atoms with E-state index in [0.717, 1.165) is 33.8 Å². The zero-order chi connectivity index (χ0) is 30.3. The van der Waals surface area contributed by atoms with Crippen LogP contribution in [0.25, 0.3) is 0 Å². The Morgan fingerprint density at radius 2 is 0.875 bits per heavy atom. The lowest BCUT2D eigenvalue weighted by molar-refractivity contribution is 0.439.